The molecule has 0 aliphatic heterocycles. The first-order valence-corrected chi connectivity index (χ1v) is 11.3. The standard InChI is InChI=1S/C27H26ClN3O3/c1-17-7-10-21(11-8-17)29-15-20-13-19-9-12-22(34-3)14-25(19)31(27(20)33)16-26(32)30-24-6-4-5-23(28)18(24)2/h4-14,29H,15-16H2,1-3H3,(H,30,32). The van der Waals surface area contributed by atoms with Gasteiger partial charge in [0.05, 0.1) is 12.6 Å². The van der Waals surface area contributed by atoms with Crippen molar-refractivity contribution in [1.82, 2.24) is 4.57 Å². The van der Waals surface area contributed by atoms with Crippen LogP contribution in [0.3, 0.4) is 0 Å². The molecule has 0 atom stereocenters. The number of rotatable bonds is 7. The summed E-state index contributed by atoms with van der Waals surface area (Å²) in [5.41, 5.74) is 4.41. The molecule has 0 saturated carbocycles. The first kappa shape index (κ1) is 23.4. The number of aryl methyl sites for hydroxylation is 1. The highest BCUT2D eigenvalue weighted by Crippen LogP contribution is 2.24. The monoisotopic (exact) mass is 475 g/mol. The summed E-state index contributed by atoms with van der Waals surface area (Å²) in [5.74, 6) is 0.289. The summed E-state index contributed by atoms with van der Waals surface area (Å²) in [6.45, 7) is 4.05. The van der Waals surface area contributed by atoms with Crippen molar-refractivity contribution < 1.29 is 9.53 Å². The summed E-state index contributed by atoms with van der Waals surface area (Å²) in [7, 11) is 1.57. The fourth-order valence-corrected chi connectivity index (χ4v) is 3.94. The van der Waals surface area contributed by atoms with E-state index in [1.165, 1.54) is 4.57 Å². The van der Waals surface area contributed by atoms with Gasteiger partial charge in [0, 0.05) is 34.6 Å². The number of anilines is 2. The van der Waals surface area contributed by atoms with E-state index in [-0.39, 0.29) is 18.0 Å². The largest absolute Gasteiger partial charge is 0.497 e. The molecular weight excluding hydrogens is 450 g/mol. The van der Waals surface area contributed by atoms with Crippen molar-refractivity contribution in [1.29, 1.82) is 0 Å². The Hall–Kier alpha value is -3.77. The molecule has 0 spiro atoms. The number of hydrogen-bond acceptors (Lipinski definition) is 4. The zero-order valence-electron chi connectivity index (χ0n) is 19.3. The van der Waals surface area contributed by atoms with Crippen LogP contribution in [0.2, 0.25) is 5.02 Å². The van der Waals surface area contributed by atoms with Gasteiger partial charge in [-0.2, -0.15) is 0 Å². The zero-order chi connectivity index (χ0) is 24.2. The maximum Gasteiger partial charge on any atom is 0.256 e. The van der Waals surface area contributed by atoms with Gasteiger partial charge < -0.3 is 15.4 Å². The van der Waals surface area contributed by atoms with Crippen molar-refractivity contribution in [2.24, 2.45) is 0 Å². The Morgan fingerprint density at radius 2 is 1.79 bits per heavy atom. The molecule has 3 aromatic carbocycles. The lowest BCUT2D eigenvalue weighted by molar-refractivity contribution is -0.116. The Morgan fingerprint density at radius 3 is 2.53 bits per heavy atom. The van der Waals surface area contributed by atoms with E-state index >= 15 is 0 Å². The van der Waals surface area contributed by atoms with Gasteiger partial charge in [0.25, 0.3) is 5.56 Å². The molecule has 0 fully saturated rings. The first-order valence-electron chi connectivity index (χ1n) is 10.9. The molecule has 4 rings (SSSR count). The molecular formula is C27H26ClN3O3. The maximum absolute atomic E-state index is 13.4. The van der Waals surface area contributed by atoms with Crippen molar-refractivity contribution in [3.63, 3.8) is 0 Å². The average Bonchev–Trinajstić information content (AvgIpc) is 2.83. The number of methoxy groups -OCH3 is 1. The number of carbonyl (C=O) groups excluding carboxylic acids is 1. The number of nitrogens with one attached hydrogen (secondary N) is 2. The molecule has 0 aliphatic carbocycles. The first-order chi connectivity index (χ1) is 16.4. The molecule has 34 heavy (non-hydrogen) atoms. The van der Waals surface area contributed by atoms with Crippen molar-refractivity contribution in [3.8, 4) is 5.75 Å². The van der Waals surface area contributed by atoms with Crippen LogP contribution in [0.1, 0.15) is 16.7 Å². The molecule has 6 nitrogen and oxygen atoms in total. The number of amides is 1. The summed E-state index contributed by atoms with van der Waals surface area (Å²) in [6.07, 6.45) is 0. The molecule has 174 valence electrons. The van der Waals surface area contributed by atoms with Crippen molar-refractivity contribution in [3.05, 3.63) is 98.8 Å². The van der Waals surface area contributed by atoms with Crippen LogP contribution in [0.4, 0.5) is 11.4 Å². The Balaban J connectivity index is 1.68. The summed E-state index contributed by atoms with van der Waals surface area (Å²) < 4.78 is 6.83. The second kappa shape index (κ2) is 10.0. The van der Waals surface area contributed by atoms with Crippen LogP contribution in [0.5, 0.6) is 5.75 Å². The highest BCUT2D eigenvalue weighted by atomic mass is 35.5. The summed E-state index contributed by atoms with van der Waals surface area (Å²) in [4.78, 5) is 26.4. The number of fused-ring (bicyclic) bond motifs is 1. The number of benzene rings is 3. The van der Waals surface area contributed by atoms with E-state index in [4.69, 9.17) is 16.3 Å². The molecule has 1 amide bonds. The third kappa shape index (κ3) is 5.07. The van der Waals surface area contributed by atoms with E-state index in [2.05, 4.69) is 10.6 Å². The predicted molar refractivity (Wildman–Crippen MR) is 138 cm³/mol. The quantitative estimate of drug-likeness (QED) is 0.368. The highest BCUT2D eigenvalue weighted by Gasteiger charge is 2.15. The van der Waals surface area contributed by atoms with E-state index in [1.54, 1.807) is 31.4 Å². The third-order valence-electron chi connectivity index (χ3n) is 5.76. The minimum absolute atomic E-state index is 0.146. The Bertz CT molecular complexity index is 1410. The fourth-order valence-electron chi connectivity index (χ4n) is 3.77. The number of hydrogen-bond donors (Lipinski definition) is 2. The number of carbonyl (C=O) groups is 1. The second-order valence-electron chi connectivity index (χ2n) is 8.17. The van der Waals surface area contributed by atoms with Gasteiger partial charge in [-0.1, -0.05) is 35.4 Å². The van der Waals surface area contributed by atoms with Crippen LogP contribution >= 0.6 is 11.6 Å². The van der Waals surface area contributed by atoms with Crippen molar-refractivity contribution >= 4 is 39.8 Å². The van der Waals surface area contributed by atoms with E-state index in [1.807, 2.05) is 56.3 Å². The van der Waals surface area contributed by atoms with E-state index in [9.17, 15) is 9.59 Å². The van der Waals surface area contributed by atoms with E-state index < -0.39 is 0 Å². The van der Waals surface area contributed by atoms with E-state index in [0.29, 0.717) is 34.1 Å². The van der Waals surface area contributed by atoms with Gasteiger partial charge in [0.15, 0.2) is 0 Å². The molecule has 7 heteroatoms. The molecule has 0 bridgehead atoms. The van der Waals surface area contributed by atoms with Gasteiger partial charge in [-0.25, -0.2) is 0 Å². The number of ether oxygens (including phenoxy) is 1. The van der Waals surface area contributed by atoms with Gasteiger partial charge in [-0.3, -0.25) is 14.2 Å². The average molecular weight is 476 g/mol. The number of nitrogens with zero attached hydrogens (tertiary/aromatic N) is 1. The zero-order valence-corrected chi connectivity index (χ0v) is 20.1. The van der Waals surface area contributed by atoms with Crippen LogP contribution in [0.25, 0.3) is 10.9 Å². The molecule has 2 N–H and O–H groups in total. The molecule has 1 aromatic heterocycles. The van der Waals surface area contributed by atoms with Crippen LogP contribution < -0.4 is 20.9 Å². The minimum atomic E-state index is -0.319. The predicted octanol–water partition coefficient (Wildman–Crippen LogP) is 5.53. The van der Waals surface area contributed by atoms with Gasteiger partial charge in [0.2, 0.25) is 5.91 Å². The van der Waals surface area contributed by atoms with Crippen LogP contribution in [-0.4, -0.2) is 17.6 Å². The fraction of sp³-hybridized carbons (Fsp3) is 0.185. The van der Waals surface area contributed by atoms with Crippen LogP contribution in [0.15, 0.2) is 71.5 Å². The molecule has 0 unspecified atom stereocenters. The van der Waals surface area contributed by atoms with Crippen LogP contribution in [0, 0.1) is 13.8 Å². The van der Waals surface area contributed by atoms with Gasteiger partial charge in [0.1, 0.15) is 12.3 Å². The van der Waals surface area contributed by atoms with E-state index in [0.717, 1.165) is 22.2 Å². The van der Waals surface area contributed by atoms with Gasteiger partial charge in [-0.05, 0) is 67.3 Å². The summed E-state index contributed by atoms with van der Waals surface area (Å²) >= 11 is 6.18. The minimum Gasteiger partial charge on any atom is -0.497 e. The lowest BCUT2D eigenvalue weighted by Gasteiger charge is -2.15. The van der Waals surface area contributed by atoms with Gasteiger partial charge >= 0.3 is 0 Å². The Labute approximate surface area is 203 Å². The van der Waals surface area contributed by atoms with Crippen molar-refractivity contribution in [2.75, 3.05) is 17.7 Å². The summed E-state index contributed by atoms with van der Waals surface area (Å²) in [6, 6.07) is 20.6. The third-order valence-corrected chi connectivity index (χ3v) is 6.17. The molecule has 4 aromatic rings. The molecule has 0 aliphatic rings. The Morgan fingerprint density at radius 1 is 1.03 bits per heavy atom. The lowest BCUT2D eigenvalue weighted by Crippen LogP contribution is -2.30. The normalized spacial score (nSPS) is 10.8. The maximum atomic E-state index is 13.4. The lowest BCUT2D eigenvalue weighted by atomic mass is 10.1. The Kier molecular flexibility index (Phi) is 6.89. The summed E-state index contributed by atoms with van der Waals surface area (Å²) in [5, 5.41) is 7.57. The molecule has 0 saturated heterocycles. The van der Waals surface area contributed by atoms with Crippen molar-refractivity contribution in [2.45, 2.75) is 26.9 Å². The van der Waals surface area contributed by atoms with Crippen LogP contribution in [-0.2, 0) is 17.9 Å². The second-order valence-corrected chi connectivity index (χ2v) is 8.57. The highest BCUT2D eigenvalue weighted by molar-refractivity contribution is 6.31. The molecule has 1 heterocycles. The number of pyridine rings is 1. The topological polar surface area (TPSA) is 72.4 Å². The molecule has 0 radical (unpaired) electrons. The SMILES string of the molecule is COc1ccc2cc(CNc3ccc(C)cc3)c(=O)n(CC(=O)Nc3cccc(Cl)c3C)c2c1. The number of aromatic nitrogens is 1. The number of halogens is 1. The van der Waals surface area contributed by atoms with Gasteiger partial charge in [-0.15, -0.1) is 0 Å². The smallest absolute Gasteiger partial charge is 0.256 e.